The van der Waals surface area contributed by atoms with Crippen LogP contribution < -0.4 is 9.62 Å². The summed E-state index contributed by atoms with van der Waals surface area (Å²) in [7, 11) is -3.79. The van der Waals surface area contributed by atoms with Crippen molar-refractivity contribution in [2.45, 2.75) is 43.0 Å². The molecule has 184 valence electrons. The largest absolute Gasteiger partial charge is 0.367 e. The Hall–Kier alpha value is -2.56. The Morgan fingerprint density at radius 2 is 1.71 bits per heavy atom. The maximum absolute atomic E-state index is 14.0. The van der Waals surface area contributed by atoms with E-state index in [1.807, 2.05) is 12.1 Å². The molecule has 1 heterocycles. The predicted molar refractivity (Wildman–Crippen MR) is 129 cm³/mol. The summed E-state index contributed by atoms with van der Waals surface area (Å²) in [4.78, 5) is 14.8. The van der Waals surface area contributed by atoms with Crippen molar-refractivity contribution in [1.82, 2.24) is 9.62 Å². The molecule has 0 aromatic heterocycles. The Morgan fingerprint density at radius 3 is 2.38 bits per heavy atom. The van der Waals surface area contributed by atoms with E-state index in [4.69, 9.17) is 0 Å². The molecule has 2 aromatic carbocycles. The zero-order valence-electron chi connectivity index (χ0n) is 19.1. The quantitative estimate of drug-likeness (QED) is 0.447. The third kappa shape index (κ3) is 6.11. The highest BCUT2D eigenvalue weighted by atomic mass is 32.2. The van der Waals surface area contributed by atoms with Crippen LogP contribution in [-0.4, -0.2) is 57.0 Å². The molecule has 0 bridgehead atoms. The first kappa shape index (κ1) is 24.6. The second kappa shape index (κ2) is 10.8. The Balaban J connectivity index is 1.19. The number of para-hydroxylation sites is 1. The number of nitro groups is 1. The second-order valence-corrected chi connectivity index (χ2v) is 10.9. The van der Waals surface area contributed by atoms with E-state index < -0.39 is 14.9 Å². The number of nitrogens with one attached hydrogen (secondary N) is 1. The molecule has 1 N–H and O–H groups in total. The van der Waals surface area contributed by atoms with Crippen LogP contribution in [0.2, 0.25) is 0 Å². The molecule has 10 heteroatoms. The van der Waals surface area contributed by atoms with Crippen molar-refractivity contribution in [3.05, 3.63) is 64.5 Å². The van der Waals surface area contributed by atoms with Gasteiger partial charge in [-0.25, -0.2) is 17.5 Å². The topological polar surface area (TPSA) is 95.8 Å². The normalized spacial score (nSPS) is 22.0. The second-order valence-electron chi connectivity index (χ2n) is 9.16. The SMILES string of the molecule is O=[N+]([O-])c1cccc(S(=O)(=O)NC2CCC(CCN3CCN(c4ccccc4F)CC3)CC2)c1. The molecule has 0 spiro atoms. The third-order valence-electron chi connectivity index (χ3n) is 6.93. The minimum absolute atomic E-state index is 0.0710. The molecule has 2 fully saturated rings. The average Bonchev–Trinajstić information content (AvgIpc) is 2.84. The zero-order valence-corrected chi connectivity index (χ0v) is 19.9. The van der Waals surface area contributed by atoms with Crippen LogP contribution in [0.1, 0.15) is 32.1 Å². The van der Waals surface area contributed by atoms with Crippen LogP contribution in [0.15, 0.2) is 53.4 Å². The van der Waals surface area contributed by atoms with Gasteiger partial charge in [0.15, 0.2) is 0 Å². The zero-order chi connectivity index (χ0) is 24.1. The van der Waals surface area contributed by atoms with E-state index in [9.17, 15) is 22.9 Å². The minimum Gasteiger partial charge on any atom is -0.367 e. The molecule has 1 saturated carbocycles. The van der Waals surface area contributed by atoms with Gasteiger partial charge in [0.25, 0.3) is 5.69 Å². The van der Waals surface area contributed by atoms with E-state index in [-0.39, 0.29) is 22.4 Å². The summed E-state index contributed by atoms with van der Waals surface area (Å²) in [5, 5.41) is 10.9. The highest BCUT2D eigenvalue weighted by Gasteiger charge is 2.27. The Kier molecular flexibility index (Phi) is 7.80. The van der Waals surface area contributed by atoms with Gasteiger partial charge in [0.2, 0.25) is 10.0 Å². The van der Waals surface area contributed by atoms with Crippen LogP contribution in [0.3, 0.4) is 0 Å². The van der Waals surface area contributed by atoms with E-state index in [2.05, 4.69) is 14.5 Å². The smallest absolute Gasteiger partial charge is 0.270 e. The number of non-ortho nitro benzene ring substituents is 1. The van der Waals surface area contributed by atoms with E-state index >= 15 is 0 Å². The molecular weight excluding hydrogens is 459 g/mol. The van der Waals surface area contributed by atoms with Gasteiger partial charge in [-0.05, 0) is 62.8 Å². The number of halogens is 1. The first-order valence-electron chi connectivity index (χ1n) is 11.8. The first-order chi connectivity index (χ1) is 16.3. The van der Waals surface area contributed by atoms with Crippen LogP contribution >= 0.6 is 0 Å². The summed E-state index contributed by atoms with van der Waals surface area (Å²) in [6.07, 6.45) is 4.51. The Labute approximate surface area is 200 Å². The van der Waals surface area contributed by atoms with Crippen molar-refractivity contribution in [2.24, 2.45) is 5.92 Å². The molecule has 8 nitrogen and oxygen atoms in total. The van der Waals surface area contributed by atoms with Gasteiger partial charge in [-0.3, -0.25) is 15.0 Å². The first-order valence-corrected chi connectivity index (χ1v) is 13.3. The fourth-order valence-electron chi connectivity index (χ4n) is 4.91. The third-order valence-corrected chi connectivity index (χ3v) is 8.44. The fraction of sp³-hybridized carbons (Fsp3) is 0.500. The van der Waals surface area contributed by atoms with Crippen LogP contribution in [0.25, 0.3) is 0 Å². The summed E-state index contributed by atoms with van der Waals surface area (Å²) >= 11 is 0. The van der Waals surface area contributed by atoms with E-state index in [0.29, 0.717) is 11.6 Å². The monoisotopic (exact) mass is 490 g/mol. The number of nitrogens with zero attached hydrogens (tertiary/aromatic N) is 3. The molecule has 2 aromatic rings. The van der Waals surface area contributed by atoms with Crippen molar-refractivity contribution in [3.8, 4) is 0 Å². The number of anilines is 1. The van der Waals surface area contributed by atoms with E-state index in [1.165, 1.54) is 24.3 Å². The Morgan fingerprint density at radius 1 is 1.00 bits per heavy atom. The molecule has 1 aliphatic carbocycles. The summed E-state index contributed by atoms with van der Waals surface area (Å²) in [5.41, 5.74) is 0.439. The molecular formula is C24H31FN4O4S. The fourth-order valence-corrected chi connectivity index (χ4v) is 6.25. The average molecular weight is 491 g/mol. The molecule has 1 saturated heterocycles. The number of hydrogen-bond donors (Lipinski definition) is 1. The van der Waals surface area contributed by atoms with Crippen molar-refractivity contribution < 1.29 is 17.7 Å². The van der Waals surface area contributed by atoms with Gasteiger partial charge in [-0.15, -0.1) is 0 Å². The van der Waals surface area contributed by atoms with Crippen molar-refractivity contribution >= 4 is 21.4 Å². The van der Waals surface area contributed by atoms with Crippen molar-refractivity contribution in [2.75, 3.05) is 37.6 Å². The number of nitro benzene ring substituents is 1. The van der Waals surface area contributed by atoms with Gasteiger partial charge in [0.05, 0.1) is 15.5 Å². The summed E-state index contributed by atoms with van der Waals surface area (Å²) in [6, 6.07) is 11.9. The van der Waals surface area contributed by atoms with Crippen LogP contribution in [0.5, 0.6) is 0 Å². The number of hydrogen-bond acceptors (Lipinski definition) is 6. The van der Waals surface area contributed by atoms with Gasteiger partial charge < -0.3 is 4.90 Å². The highest BCUT2D eigenvalue weighted by Crippen LogP contribution is 2.29. The number of sulfonamides is 1. The van der Waals surface area contributed by atoms with Crippen molar-refractivity contribution in [3.63, 3.8) is 0 Å². The molecule has 0 radical (unpaired) electrons. The van der Waals surface area contributed by atoms with Crippen molar-refractivity contribution in [1.29, 1.82) is 0 Å². The van der Waals surface area contributed by atoms with Crippen LogP contribution in [-0.2, 0) is 10.0 Å². The van der Waals surface area contributed by atoms with E-state index in [1.54, 1.807) is 6.07 Å². The van der Waals surface area contributed by atoms with Gasteiger partial charge >= 0.3 is 0 Å². The molecule has 0 unspecified atom stereocenters. The molecule has 34 heavy (non-hydrogen) atoms. The summed E-state index contributed by atoms with van der Waals surface area (Å²) in [6.45, 7) is 4.44. The van der Waals surface area contributed by atoms with Gasteiger partial charge in [-0.1, -0.05) is 18.2 Å². The number of benzene rings is 2. The lowest BCUT2D eigenvalue weighted by Crippen LogP contribution is -2.47. The molecule has 4 rings (SSSR count). The maximum Gasteiger partial charge on any atom is 0.270 e. The van der Waals surface area contributed by atoms with Crippen LogP contribution in [0, 0.1) is 21.8 Å². The lowest BCUT2D eigenvalue weighted by molar-refractivity contribution is -0.385. The Bertz CT molecular complexity index is 1100. The van der Waals surface area contributed by atoms with Gasteiger partial charge in [0, 0.05) is 44.4 Å². The summed E-state index contributed by atoms with van der Waals surface area (Å²) in [5.74, 6) is 0.386. The lowest BCUT2D eigenvalue weighted by Gasteiger charge is -2.37. The molecule has 0 amide bonds. The lowest BCUT2D eigenvalue weighted by atomic mass is 9.84. The molecule has 2 aliphatic rings. The summed E-state index contributed by atoms with van der Waals surface area (Å²) < 4.78 is 42.1. The number of rotatable bonds is 8. The minimum atomic E-state index is -3.79. The highest BCUT2D eigenvalue weighted by molar-refractivity contribution is 7.89. The predicted octanol–water partition coefficient (Wildman–Crippen LogP) is 3.78. The standard InChI is InChI=1S/C24H31FN4O4S/c25-23-6-1-2-7-24(23)28-16-14-27(15-17-28)13-12-19-8-10-20(11-9-19)26-34(32,33)22-5-3-4-21(18-22)29(30)31/h1-7,18-20,26H,8-17H2. The number of piperazine rings is 1. The molecule has 0 atom stereocenters. The van der Waals surface area contributed by atoms with Gasteiger partial charge in [-0.2, -0.15) is 0 Å². The van der Waals surface area contributed by atoms with E-state index in [0.717, 1.165) is 70.9 Å². The maximum atomic E-state index is 14.0. The van der Waals surface area contributed by atoms with Crippen LogP contribution in [0.4, 0.5) is 15.8 Å². The molecule has 1 aliphatic heterocycles. The van der Waals surface area contributed by atoms with Gasteiger partial charge in [0.1, 0.15) is 5.82 Å².